The topological polar surface area (TPSA) is 38.5 Å². The molecule has 0 radical (unpaired) electrons. The molecule has 0 aromatic heterocycles. The van der Waals surface area contributed by atoms with Crippen LogP contribution in [0.5, 0.6) is 5.75 Å². The molecule has 6 heteroatoms. The van der Waals surface area contributed by atoms with Gasteiger partial charge in [-0.05, 0) is 37.6 Å². The number of alkyl halides is 3. The Morgan fingerprint density at radius 1 is 1.30 bits per heavy atom. The molecule has 2 rings (SSSR count). The maximum absolute atomic E-state index is 12.6. The highest BCUT2D eigenvalue weighted by Gasteiger charge is 2.40. The Morgan fingerprint density at radius 3 is 2.45 bits per heavy atom. The highest BCUT2D eigenvalue weighted by molar-refractivity contribution is 5.51. The fraction of sp³-hybridized carbons (Fsp3) is 0.571. The lowest BCUT2D eigenvalue weighted by atomic mass is 9.96. The fourth-order valence-electron chi connectivity index (χ4n) is 2.50. The molecular formula is C14H19F3N2O. The summed E-state index contributed by atoms with van der Waals surface area (Å²) in [6.07, 6.45) is -3.73. The molecule has 1 aliphatic rings. The van der Waals surface area contributed by atoms with Gasteiger partial charge in [0, 0.05) is 18.3 Å². The number of methoxy groups -OCH3 is 1. The predicted molar refractivity (Wildman–Crippen MR) is 71.5 cm³/mol. The van der Waals surface area contributed by atoms with Gasteiger partial charge in [-0.25, -0.2) is 0 Å². The van der Waals surface area contributed by atoms with Crippen LogP contribution in [0.15, 0.2) is 18.2 Å². The van der Waals surface area contributed by atoms with E-state index in [0.29, 0.717) is 31.1 Å². The summed E-state index contributed by atoms with van der Waals surface area (Å²) in [4.78, 5) is 2.01. The van der Waals surface area contributed by atoms with Crippen molar-refractivity contribution in [2.75, 3.05) is 25.9 Å². The average Bonchev–Trinajstić information content (AvgIpc) is 2.40. The lowest BCUT2D eigenvalue weighted by Crippen LogP contribution is -2.38. The van der Waals surface area contributed by atoms with Crippen molar-refractivity contribution in [1.29, 1.82) is 0 Å². The third-order valence-electron chi connectivity index (χ3n) is 3.80. The SMILES string of the molecule is COc1ccc(CN2CCC(C(F)(F)F)CC2)c(N)c1. The van der Waals surface area contributed by atoms with Crippen LogP contribution in [0.1, 0.15) is 18.4 Å². The summed E-state index contributed by atoms with van der Waals surface area (Å²) in [6, 6.07) is 5.41. The van der Waals surface area contributed by atoms with Crippen molar-refractivity contribution in [2.45, 2.75) is 25.6 Å². The van der Waals surface area contributed by atoms with Gasteiger partial charge in [-0.15, -0.1) is 0 Å². The highest BCUT2D eigenvalue weighted by atomic mass is 19.4. The van der Waals surface area contributed by atoms with E-state index in [-0.39, 0.29) is 12.8 Å². The van der Waals surface area contributed by atoms with Crippen molar-refractivity contribution >= 4 is 5.69 Å². The van der Waals surface area contributed by atoms with Crippen LogP contribution in [-0.2, 0) is 6.54 Å². The summed E-state index contributed by atoms with van der Waals surface area (Å²) >= 11 is 0. The van der Waals surface area contributed by atoms with Crippen molar-refractivity contribution in [1.82, 2.24) is 4.90 Å². The molecule has 1 saturated heterocycles. The van der Waals surface area contributed by atoms with E-state index >= 15 is 0 Å². The average molecular weight is 288 g/mol. The first-order chi connectivity index (χ1) is 9.40. The number of piperidine rings is 1. The number of likely N-dealkylation sites (tertiary alicyclic amines) is 1. The monoisotopic (exact) mass is 288 g/mol. The van der Waals surface area contributed by atoms with E-state index in [4.69, 9.17) is 10.5 Å². The summed E-state index contributed by atoms with van der Waals surface area (Å²) < 4.78 is 42.8. The van der Waals surface area contributed by atoms with E-state index in [9.17, 15) is 13.2 Å². The maximum atomic E-state index is 12.6. The Balaban J connectivity index is 1.93. The third kappa shape index (κ3) is 3.56. The van der Waals surface area contributed by atoms with Crippen LogP contribution >= 0.6 is 0 Å². The molecular weight excluding hydrogens is 269 g/mol. The number of nitrogen functional groups attached to an aromatic ring is 1. The smallest absolute Gasteiger partial charge is 0.391 e. The lowest BCUT2D eigenvalue weighted by Gasteiger charge is -2.33. The second-order valence-corrected chi connectivity index (χ2v) is 5.16. The van der Waals surface area contributed by atoms with Gasteiger partial charge in [-0.3, -0.25) is 4.90 Å². The van der Waals surface area contributed by atoms with Crippen molar-refractivity contribution in [3.05, 3.63) is 23.8 Å². The number of halogens is 3. The van der Waals surface area contributed by atoms with E-state index in [2.05, 4.69) is 0 Å². The van der Waals surface area contributed by atoms with Crippen LogP contribution in [0.2, 0.25) is 0 Å². The minimum Gasteiger partial charge on any atom is -0.497 e. The van der Waals surface area contributed by atoms with Gasteiger partial charge in [0.2, 0.25) is 0 Å². The lowest BCUT2D eigenvalue weighted by molar-refractivity contribution is -0.185. The van der Waals surface area contributed by atoms with E-state index in [1.165, 1.54) is 0 Å². The Labute approximate surface area is 116 Å². The van der Waals surface area contributed by atoms with Gasteiger partial charge in [0.25, 0.3) is 0 Å². The van der Waals surface area contributed by atoms with Gasteiger partial charge in [0.1, 0.15) is 5.75 Å². The number of nitrogens with two attached hydrogens (primary N) is 1. The standard InChI is InChI=1S/C14H19F3N2O/c1-20-12-3-2-10(13(18)8-12)9-19-6-4-11(5-7-19)14(15,16)17/h2-3,8,11H,4-7,9,18H2,1H3. The molecule has 0 aliphatic carbocycles. The van der Waals surface area contributed by atoms with Crippen molar-refractivity contribution < 1.29 is 17.9 Å². The first-order valence-electron chi connectivity index (χ1n) is 6.61. The Kier molecular flexibility index (Phi) is 4.42. The maximum Gasteiger partial charge on any atom is 0.391 e. The molecule has 1 aromatic carbocycles. The molecule has 112 valence electrons. The predicted octanol–water partition coefficient (Wildman–Crippen LogP) is 3.05. The first kappa shape index (κ1) is 15.0. The van der Waals surface area contributed by atoms with E-state index in [0.717, 1.165) is 5.56 Å². The zero-order chi connectivity index (χ0) is 14.8. The second-order valence-electron chi connectivity index (χ2n) is 5.16. The summed E-state index contributed by atoms with van der Waals surface area (Å²) in [5.41, 5.74) is 7.46. The van der Waals surface area contributed by atoms with Crippen LogP contribution in [-0.4, -0.2) is 31.3 Å². The molecule has 1 fully saturated rings. The highest BCUT2D eigenvalue weighted by Crippen LogP contribution is 2.34. The number of hydrogen-bond donors (Lipinski definition) is 1. The fourth-order valence-corrected chi connectivity index (χ4v) is 2.50. The Hall–Kier alpha value is -1.43. The molecule has 0 saturated carbocycles. The van der Waals surface area contributed by atoms with Gasteiger partial charge in [0.05, 0.1) is 13.0 Å². The van der Waals surface area contributed by atoms with E-state index < -0.39 is 12.1 Å². The molecule has 0 atom stereocenters. The molecule has 20 heavy (non-hydrogen) atoms. The molecule has 0 spiro atoms. The van der Waals surface area contributed by atoms with Gasteiger partial charge in [-0.1, -0.05) is 6.07 Å². The largest absolute Gasteiger partial charge is 0.497 e. The van der Waals surface area contributed by atoms with Crippen LogP contribution in [0.3, 0.4) is 0 Å². The van der Waals surface area contributed by atoms with Crippen LogP contribution in [0.4, 0.5) is 18.9 Å². The molecule has 1 aliphatic heterocycles. The summed E-state index contributed by atoms with van der Waals surface area (Å²) in [7, 11) is 1.57. The van der Waals surface area contributed by atoms with Gasteiger partial charge in [0.15, 0.2) is 0 Å². The van der Waals surface area contributed by atoms with Crippen LogP contribution in [0, 0.1) is 5.92 Å². The molecule has 0 amide bonds. The molecule has 0 bridgehead atoms. The molecule has 1 aromatic rings. The zero-order valence-corrected chi connectivity index (χ0v) is 11.4. The number of nitrogens with zero attached hydrogens (tertiary/aromatic N) is 1. The van der Waals surface area contributed by atoms with Crippen molar-refractivity contribution in [2.24, 2.45) is 5.92 Å². The zero-order valence-electron chi connectivity index (χ0n) is 11.4. The Bertz CT molecular complexity index is 454. The molecule has 1 heterocycles. The van der Waals surface area contributed by atoms with E-state index in [1.54, 1.807) is 13.2 Å². The number of benzene rings is 1. The van der Waals surface area contributed by atoms with Crippen LogP contribution < -0.4 is 10.5 Å². The molecule has 0 unspecified atom stereocenters. The first-order valence-corrected chi connectivity index (χ1v) is 6.61. The number of hydrogen-bond acceptors (Lipinski definition) is 3. The summed E-state index contributed by atoms with van der Waals surface area (Å²) in [5, 5.41) is 0. The third-order valence-corrected chi connectivity index (χ3v) is 3.80. The normalized spacial score (nSPS) is 18.2. The number of ether oxygens (including phenoxy) is 1. The van der Waals surface area contributed by atoms with Gasteiger partial charge >= 0.3 is 6.18 Å². The number of anilines is 1. The quantitative estimate of drug-likeness (QED) is 0.869. The number of rotatable bonds is 3. The Morgan fingerprint density at radius 2 is 1.95 bits per heavy atom. The van der Waals surface area contributed by atoms with Gasteiger partial charge in [-0.2, -0.15) is 13.2 Å². The van der Waals surface area contributed by atoms with Crippen molar-refractivity contribution in [3.63, 3.8) is 0 Å². The molecule has 2 N–H and O–H groups in total. The van der Waals surface area contributed by atoms with E-state index in [1.807, 2.05) is 17.0 Å². The molecule has 3 nitrogen and oxygen atoms in total. The minimum absolute atomic E-state index is 0.166. The van der Waals surface area contributed by atoms with Crippen molar-refractivity contribution in [3.8, 4) is 5.75 Å². The minimum atomic E-state index is -4.06. The van der Waals surface area contributed by atoms with Crippen LogP contribution in [0.25, 0.3) is 0 Å². The summed E-state index contributed by atoms with van der Waals surface area (Å²) in [6.45, 7) is 1.49. The van der Waals surface area contributed by atoms with Gasteiger partial charge < -0.3 is 10.5 Å². The summed E-state index contributed by atoms with van der Waals surface area (Å²) in [5.74, 6) is -0.478. The second kappa shape index (κ2) is 5.91.